The number of amides is 1. The second kappa shape index (κ2) is 8.08. The van der Waals surface area contributed by atoms with E-state index in [1.165, 1.54) is 12.1 Å². The van der Waals surface area contributed by atoms with Crippen LogP contribution in [0.5, 0.6) is 0 Å². The number of anilines is 1. The quantitative estimate of drug-likeness (QED) is 0.404. The number of carbonyl (C=O) groups excluding carboxylic acids is 1. The molecule has 32 heavy (non-hydrogen) atoms. The monoisotopic (exact) mass is 440 g/mol. The van der Waals surface area contributed by atoms with E-state index in [1.54, 1.807) is 37.4 Å². The summed E-state index contributed by atoms with van der Waals surface area (Å²) in [6, 6.07) is 11.2. The second-order valence-corrected chi connectivity index (χ2v) is 7.46. The zero-order chi connectivity index (χ0) is 23.0. The largest absolute Gasteiger partial charge is 0.416 e. The van der Waals surface area contributed by atoms with Crippen LogP contribution in [-0.4, -0.2) is 26.2 Å². The van der Waals surface area contributed by atoms with Gasteiger partial charge in [0.25, 0.3) is 5.91 Å². The number of hydrogen-bond donors (Lipinski definition) is 3. The lowest BCUT2D eigenvalue weighted by Crippen LogP contribution is -2.14. The van der Waals surface area contributed by atoms with E-state index in [1.807, 2.05) is 6.92 Å². The number of carbonyl (C=O) groups is 1. The van der Waals surface area contributed by atoms with Crippen LogP contribution in [0.1, 0.15) is 40.2 Å². The number of benzene rings is 2. The van der Waals surface area contributed by atoms with Gasteiger partial charge in [-0.1, -0.05) is 12.1 Å². The molecular formula is C23H19F3N4O2. The first kappa shape index (κ1) is 21.5. The number of halogens is 3. The van der Waals surface area contributed by atoms with Crippen molar-refractivity contribution in [1.29, 1.82) is 0 Å². The number of aliphatic hydroxyl groups excluding tert-OH is 1. The van der Waals surface area contributed by atoms with Crippen LogP contribution >= 0.6 is 0 Å². The Balaban J connectivity index is 1.63. The molecule has 4 rings (SSSR count). The minimum atomic E-state index is -4.53. The number of aromatic amines is 1. The lowest BCUT2D eigenvalue weighted by molar-refractivity contribution is -0.137. The van der Waals surface area contributed by atoms with Gasteiger partial charge in [0.15, 0.2) is 0 Å². The van der Waals surface area contributed by atoms with E-state index in [-0.39, 0.29) is 5.56 Å². The van der Waals surface area contributed by atoms with E-state index in [9.17, 15) is 23.1 Å². The molecule has 2 aromatic heterocycles. The fourth-order valence-electron chi connectivity index (χ4n) is 3.41. The van der Waals surface area contributed by atoms with Crippen molar-refractivity contribution in [1.82, 2.24) is 15.2 Å². The molecule has 0 aliphatic carbocycles. The molecule has 0 radical (unpaired) electrons. The number of H-pyrrole nitrogens is 1. The zero-order valence-electron chi connectivity index (χ0n) is 17.2. The van der Waals surface area contributed by atoms with E-state index >= 15 is 0 Å². The Kier molecular flexibility index (Phi) is 5.43. The molecule has 0 saturated carbocycles. The number of pyridine rings is 1. The highest BCUT2D eigenvalue weighted by Crippen LogP contribution is 2.31. The lowest BCUT2D eigenvalue weighted by Gasteiger charge is -2.12. The summed E-state index contributed by atoms with van der Waals surface area (Å²) < 4.78 is 38.8. The lowest BCUT2D eigenvalue weighted by atomic mass is 10.0. The Morgan fingerprint density at radius 1 is 1.16 bits per heavy atom. The average molecular weight is 440 g/mol. The molecule has 3 N–H and O–H groups in total. The summed E-state index contributed by atoms with van der Waals surface area (Å²) in [7, 11) is 0. The Hall–Kier alpha value is -3.72. The third-order valence-electron chi connectivity index (χ3n) is 5.10. The van der Waals surface area contributed by atoms with E-state index in [4.69, 9.17) is 0 Å². The van der Waals surface area contributed by atoms with Crippen LogP contribution in [0.15, 0.2) is 54.7 Å². The molecule has 0 saturated heterocycles. The first-order valence-corrected chi connectivity index (χ1v) is 9.75. The third-order valence-corrected chi connectivity index (χ3v) is 5.10. The SMILES string of the molecule is Cc1ccc(NC(=O)c2cccc(C(F)(F)F)c2)cc1-c1cc2[nH]nc([C@H](C)O)c2cn1. The average Bonchev–Trinajstić information content (AvgIpc) is 3.18. The predicted octanol–water partition coefficient (Wildman–Crippen LogP) is 5.26. The molecule has 0 fully saturated rings. The maximum atomic E-state index is 12.9. The number of aliphatic hydroxyl groups is 1. The summed E-state index contributed by atoms with van der Waals surface area (Å²) in [4.78, 5) is 17.0. The van der Waals surface area contributed by atoms with Crippen molar-refractivity contribution in [3.05, 3.63) is 77.1 Å². The molecule has 2 aromatic carbocycles. The van der Waals surface area contributed by atoms with Gasteiger partial charge in [-0.25, -0.2) is 0 Å². The van der Waals surface area contributed by atoms with Gasteiger partial charge >= 0.3 is 6.18 Å². The fourth-order valence-corrected chi connectivity index (χ4v) is 3.41. The summed E-state index contributed by atoms with van der Waals surface area (Å²) in [5.74, 6) is -0.649. The van der Waals surface area contributed by atoms with Crippen LogP contribution in [0.25, 0.3) is 22.2 Å². The summed E-state index contributed by atoms with van der Waals surface area (Å²) in [5.41, 5.74) is 2.89. The molecule has 9 heteroatoms. The minimum absolute atomic E-state index is 0.0930. The number of aryl methyl sites for hydroxylation is 1. The summed E-state index contributed by atoms with van der Waals surface area (Å²) in [5, 5.41) is 20.1. The van der Waals surface area contributed by atoms with Crippen molar-refractivity contribution in [2.45, 2.75) is 26.1 Å². The van der Waals surface area contributed by atoms with E-state index in [2.05, 4.69) is 20.5 Å². The molecule has 0 aliphatic rings. The molecule has 6 nitrogen and oxygen atoms in total. The normalized spacial score (nSPS) is 12.7. The maximum Gasteiger partial charge on any atom is 0.416 e. The van der Waals surface area contributed by atoms with Crippen molar-refractivity contribution >= 4 is 22.5 Å². The topological polar surface area (TPSA) is 90.9 Å². The summed E-state index contributed by atoms with van der Waals surface area (Å²) in [6.07, 6.45) is -3.66. The third kappa shape index (κ3) is 4.19. The van der Waals surface area contributed by atoms with Crippen LogP contribution in [0.4, 0.5) is 18.9 Å². The van der Waals surface area contributed by atoms with Crippen molar-refractivity contribution < 1.29 is 23.1 Å². The van der Waals surface area contributed by atoms with Gasteiger partial charge in [0.05, 0.1) is 28.6 Å². The fraction of sp³-hybridized carbons (Fsp3) is 0.174. The Labute approximate surface area is 181 Å². The van der Waals surface area contributed by atoms with Gasteiger partial charge in [0.2, 0.25) is 0 Å². The van der Waals surface area contributed by atoms with Crippen molar-refractivity contribution in [2.75, 3.05) is 5.32 Å². The molecule has 0 aliphatic heterocycles. The van der Waals surface area contributed by atoms with Gasteiger partial charge in [0, 0.05) is 28.4 Å². The van der Waals surface area contributed by atoms with Crippen molar-refractivity contribution in [3.63, 3.8) is 0 Å². The highest BCUT2D eigenvalue weighted by atomic mass is 19.4. The number of fused-ring (bicyclic) bond motifs is 1. The molecule has 2 heterocycles. The van der Waals surface area contributed by atoms with Gasteiger partial charge in [-0.05, 0) is 55.8 Å². The number of nitrogens with one attached hydrogen (secondary N) is 2. The second-order valence-electron chi connectivity index (χ2n) is 7.46. The number of aromatic nitrogens is 3. The number of nitrogens with zero attached hydrogens (tertiary/aromatic N) is 2. The van der Waals surface area contributed by atoms with Gasteiger partial charge < -0.3 is 10.4 Å². The molecule has 4 aromatic rings. The van der Waals surface area contributed by atoms with Crippen molar-refractivity contribution in [2.24, 2.45) is 0 Å². The highest BCUT2D eigenvalue weighted by Gasteiger charge is 2.30. The summed E-state index contributed by atoms with van der Waals surface area (Å²) in [6.45, 7) is 3.50. The highest BCUT2D eigenvalue weighted by molar-refractivity contribution is 6.04. The van der Waals surface area contributed by atoms with Crippen LogP contribution in [0, 0.1) is 6.92 Å². The smallest absolute Gasteiger partial charge is 0.387 e. The van der Waals surface area contributed by atoms with E-state index in [0.717, 1.165) is 23.3 Å². The molecule has 164 valence electrons. The molecule has 0 unspecified atom stereocenters. The van der Waals surface area contributed by atoms with Gasteiger partial charge in [-0.3, -0.25) is 14.9 Å². The first-order valence-electron chi connectivity index (χ1n) is 9.75. The maximum absolute atomic E-state index is 12.9. The first-order chi connectivity index (χ1) is 15.1. The molecular weight excluding hydrogens is 421 g/mol. The van der Waals surface area contributed by atoms with Crippen LogP contribution < -0.4 is 5.32 Å². The Morgan fingerprint density at radius 2 is 1.94 bits per heavy atom. The standard InChI is InChI=1S/C23H19F3N4O2/c1-12-6-7-16(28-22(32)14-4-3-5-15(8-14)23(24,25)26)9-17(12)19-10-20-18(11-27-19)21(13(2)31)30-29-20/h3-11,13,31H,1-2H3,(H,28,32)(H,29,30)/t13-/m0/s1. The van der Waals surface area contributed by atoms with Gasteiger partial charge in [-0.2, -0.15) is 18.3 Å². The van der Waals surface area contributed by atoms with E-state index < -0.39 is 23.8 Å². The van der Waals surface area contributed by atoms with Crippen LogP contribution in [0.3, 0.4) is 0 Å². The van der Waals surface area contributed by atoms with Gasteiger partial charge in [-0.15, -0.1) is 0 Å². The minimum Gasteiger partial charge on any atom is -0.387 e. The van der Waals surface area contributed by atoms with E-state index in [0.29, 0.717) is 28.0 Å². The molecule has 0 bridgehead atoms. The van der Waals surface area contributed by atoms with Crippen LogP contribution in [0.2, 0.25) is 0 Å². The predicted molar refractivity (Wildman–Crippen MR) is 114 cm³/mol. The Morgan fingerprint density at radius 3 is 2.66 bits per heavy atom. The summed E-state index contributed by atoms with van der Waals surface area (Å²) >= 11 is 0. The Bertz CT molecular complexity index is 1310. The molecule has 0 spiro atoms. The van der Waals surface area contributed by atoms with Gasteiger partial charge in [0.1, 0.15) is 0 Å². The number of hydrogen-bond acceptors (Lipinski definition) is 4. The molecule has 1 amide bonds. The number of rotatable bonds is 4. The van der Waals surface area contributed by atoms with Crippen LogP contribution in [-0.2, 0) is 6.18 Å². The zero-order valence-corrected chi connectivity index (χ0v) is 17.2. The number of alkyl halides is 3. The molecule has 1 atom stereocenters. The van der Waals surface area contributed by atoms with Crippen molar-refractivity contribution in [3.8, 4) is 11.3 Å².